The maximum absolute atomic E-state index is 13.6. The summed E-state index contributed by atoms with van der Waals surface area (Å²) in [5.74, 6) is -2.14. The maximum atomic E-state index is 13.6. The van der Waals surface area contributed by atoms with Crippen LogP contribution >= 0.6 is 0 Å². The van der Waals surface area contributed by atoms with Crippen LogP contribution in [0.4, 0.5) is 10.1 Å². The SMILES string of the molecule is N#C/C(=C\c1ccc(O)c([N+](=O)[O-])c1)C(=O)c1ccccc1F. The first-order valence-corrected chi connectivity index (χ1v) is 6.32. The highest BCUT2D eigenvalue weighted by molar-refractivity contribution is 6.14. The van der Waals surface area contributed by atoms with E-state index in [0.717, 1.165) is 24.3 Å². The van der Waals surface area contributed by atoms with Crippen LogP contribution in [0.5, 0.6) is 5.75 Å². The smallest absolute Gasteiger partial charge is 0.311 e. The molecule has 6 nitrogen and oxygen atoms in total. The average Bonchev–Trinajstić information content (AvgIpc) is 2.53. The zero-order valence-electron chi connectivity index (χ0n) is 11.6. The fraction of sp³-hybridized carbons (Fsp3) is 0. The molecule has 0 aliphatic heterocycles. The summed E-state index contributed by atoms with van der Waals surface area (Å²) in [7, 11) is 0. The number of nitro groups is 1. The molecule has 0 spiro atoms. The van der Waals surface area contributed by atoms with E-state index in [0.29, 0.717) is 0 Å². The van der Waals surface area contributed by atoms with Gasteiger partial charge in [0.2, 0.25) is 5.78 Å². The van der Waals surface area contributed by atoms with Crippen LogP contribution in [-0.4, -0.2) is 15.8 Å². The van der Waals surface area contributed by atoms with Gasteiger partial charge >= 0.3 is 5.69 Å². The van der Waals surface area contributed by atoms with E-state index in [4.69, 9.17) is 5.26 Å². The first kappa shape index (κ1) is 15.9. The van der Waals surface area contributed by atoms with Crippen molar-refractivity contribution in [1.29, 1.82) is 5.26 Å². The second-order valence-electron chi connectivity index (χ2n) is 4.48. The molecule has 0 fully saturated rings. The Hall–Kier alpha value is -3.53. The number of phenols is 1. The zero-order chi connectivity index (χ0) is 17.0. The van der Waals surface area contributed by atoms with Gasteiger partial charge in [-0.15, -0.1) is 0 Å². The quantitative estimate of drug-likeness (QED) is 0.307. The number of nitro benzene ring substituents is 1. The van der Waals surface area contributed by atoms with E-state index < -0.39 is 28.0 Å². The first-order chi connectivity index (χ1) is 10.9. The number of phenolic OH excluding ortho intramolecular Hbond substituents is 1. The van der Waals surface area contributed by atoms with E-state index in [1.165, 1.54) is 24.3 Å². The largest absolute Gasteiger partial charge is 0.502 e. The molecule has 0 aromatic heterocycles. The Kier molecular flexibility index (Phi) is 4.47. The third-order valence-electron chi connectivity index (χ3n) is 2.99. The molecule has 2 aromatic rings. The van der Waals surface area contributed by atoms with Gasteiger partial charge in [0, 0.05) is 6.07 Å². The van der Waals surface area contributed by atoms with Crippen molar-refractivity contribution in [3.63, 3.8) is 0 Å². The van der Waals surface area contributed by atoms with Crippen LogP contribution in [0.25, 0.3) is 6.08 Å². The molecule has 0 aliphatic carbocycles. The zero-order valence-corrected chi connectivity index (χ0v) is 11.6. The van der Waals surface area contributed by atoms with E-state index in [1.54, 1.807) is 6.07 Å². The lowest BCUT2D eigenvalue weighted by Crippen LogP contribution is -2.04. The number of aromatic hydroxyl groups is 1. The normalized spacial score (nSPS) is 10.9. The van der Waals surface area contributed by atoms with Crippen molar-refractivity contribution in [2.75, 3.05) is 0 Å². The molecule has 23 heavy (non-hydrogen) atoms. The molecule has 114 valence electrons. The standard InChI is InChI=1S/C16H9FN2O4/c17-13-4-2-1-3-12(13)16(21)11(9-18)7-10-5-6-15(20)14(8-10)19(22)23/h1-8,20H/b11-7+. The number of halogens is 1. The molecule has 0 atom stereocenters. The predicted molar refractivity (Wildman–Crippen MR) is 79.1 cm³/mol. The highest BCUT2D eigenvalue weighted by atomic mass is 19.1. The van der Waals surface area contributed by atoms with E-state index in [-0.39, 0.29) is 16.7 Å². The fourth-order valence-corrected chi connectivity index (χ4v) is 1.88. The van der Waals surface area contributed by atoms with Gasteiger partial charge in [0.15, 0.2) is 5.75 Å². The van der Waals surface area contributed by atoms with Crippen molar-refractivity contribution >= 4 is 17.5 Å². The summed E-state index contributed by atoms with van der Waals surface area (Å²) >= 11 is 0. The number of allylic oxidation sites excluding steroid dienone is 1. The molecular formula is C16H9FN2O4. The van der Waals surface area contributed by atoms with Crippen LogP contribution in [0.1, 0.15) is 15.9 Å². The van der Waals surface area contributed by atoms with Crippen LogP contribution in [0.3, 0.4) is 0 Å². The van der Waals surface area contributed by atoms with Gasteiger partial charge in [-0.2, -0.15) is 5.26 Å². The van der Waals surface area contributed by atoms with Crippen LogP contribution in [0.15, 0.2) is 48.0 Å². The number of hydrogen-bond acceptors (Lipinski definition) is 5. The van der Waals surface area contributed by atoms with Gasteiger partial charge in [-0.3, -0.25) is 14.9 Å². The molecule has 7 heteroatoms. The summed E-state index contributed by atoms with van der Waals surface area (Å²) in [6.07, 6.45) is 1.10. The minimum Gasteiger partial charge on any atom is -0.502 e. The third-order valence-corrected chi connectivity index (χ3v) is 2.99. The molecule has 2 aromatic carbocycles. The highest BCUT2D eigenvalue weighted by Crippen LogP contribution is 2.27. The van der Waals surface area contributed by atoms with Crippen molar-refractivity contribution in [2.45, 2.75) is 0 Å². The predicted octanol–water partition coefficient (Wildman–Crippen LogP) is 3.23. The molecule has 0 aliphatic rings. The van der Waals surface area contributed by atoms with Gasteiger partial charge < -0.3 is 5.11 Å². The summed E-state index contributed by atoms with van der Waals surface area (Å²) in [6, 6.07) is 10.2. The molecule has 0 bridgehead atoms. The number of benzene rings is 2. The topological polar surface area (TPSA) is 104 Å². The second-order valence-corrected chi connectivity index (χ2v) is 4.48. The molecule has 2 rings (SSSR count). The van der Waals surface area contributed by atoms with Gasteiger partial charge in [-0.05, 0) is 29.8 Å². The lowest BCUT2D eigenvalue weighted by molar-refractivity contribution is -0.385. The minimum atomic E-state index is -0.832. The van der Waals surface area contributed by atoms with E-state index >= 15 is 0 Å². The summed E-state index contributed by atoms with van der Waals surface area (Å²) in [5, 5.41) is 29.2. The summed E-state index contributed by atoms with van der Waals surface area (Å²) in [5.41, 5.74) is -1.05. The van der Waals surface area contributed by atoms with Crippen LogP contribution in [0.2, 0.25) is 0 Å². The fourth-order valence-electron chi connectivity index (χ4n) is 1.88. The maximum Gasteiger partial charge on any atom is 0.311 e. The average molecular weight is 312 g/mol. The number of Topliss-reactive ketones (excluding diaryl/α,β-unsaturated/α-hetero) is 1. The van der Waals surface area contributed by atoms with Crippen LogP contribution < -0.4 is 0 Å². The Labute approximate surface area is 129 Å². The van der Waals surface area contributed by atoms with E-state index in [2.05, 4.69) is 0 Å². The molecule has 1 N–H and O–H groups in total. The molecule has 0 saturated heterocycles. The second kappa shape index (κ2) is 6.49. The molecule has 0 unspecified atom stereocenters. The molecule has 0 heterocycles. The monoisotopic (exact) mass is 312 g/mol. The van der Waals surface area contributed by atoms with Gasteiger partial charge in [-0.1, -0.05) is 18.2 Å². The Bertz CT molecular complexity index is 869. The minimum absolute atomic E-state index is 0.163. The van der Waals surface area contributed by atoms with Gasteiger partial charge in [0.25, 0.3) is 0 Å². The van der Waals surface area contributed by atoms with Gasteiger partial charge in [0.05, 0.1) is 10.5 Å². The molecular weight excluding hydrogens is 303 g/mol. The van der Waals surface area contributed by atoms with Crippen molar-refractivity contribution in [3.8, 4) is 11.8 Å². The molecule has 0 saturated carbocycles. The van der Waals surface area contributed by atoms with Crippen molar-refractivity contribution in [2.24, 2.45) is 0 Å². The first-order valence-electron chi connectivity index (χ1n) is 6.32. The Morgan fingerprint density at radius 1 is 1.30 bits per heavy atom. The number of rotatable bonds is 4. The lowest BCUT2D eigenvalue weighted by atomic mass is 10.0. The van der Waals surface area contributed by atoms with Crippen molar-refractivity contribution in [1.82, 2.24) is 0 Å². The number of carbonyl (C=O) groups is 1. The van der Waals surface area contributed by atoms with E-state index in [1.807, 2.05) is 0 Å². The van der Waals surface area contributed by atoms with Crippen LogP contribution in [-0.2, 0) is 0 Å². The van der Waals surface area contributed by atoms with Crippen LogP contribution in [0, 0.1) is 27.3 Å². The number of hydrogen-bond donors (Lipinski definition) is 1. The number of nitrogens with zero attached hydrogens (tertiary/aromatic N) is 2. The van der Waals surface area contributed by atoms with E-state index in [9.17, 15) is 24.4 Å². The number of ketones is 1. The van der Waals surface area contributed by atoms with Crippen molar-refractivity contribution in [3.05, 3.63) is 75.1 Å². The summed E-state index contributed by atoms with van der Waals surface area (Å²) < 4.78 is 13.6. The lowest BCUT2D eigenvalue weighted by Gasteiger charge is -2.02. The molecule has 0 radical (unpaired) electrons. The van der Waals surface area contributed by atoms with Gasteiger partial charge in [0.1, 0.15) is 17.5 Å². The summed E-state index contributed by atoms with van der Waals surface area (Å²) in [4.78, 5) is 22.2. The molecule has 0 amide bonds. The number of carbonyl (C=O) groups excluding carboxylic acids is 1. The Balaban J connectivity index is 2.46. The van der Waals surface area contributed by atoms with Gasteiger partial charge in [-0.25, -0.2) is 4.39 Å². The Morgan fingerprint density at radius 2 is 2.00 bits per heavy atom. The summed E-state index contributed by atoms with van der Waals surface area (Å²) in [6.45, 7) is 0. The highest BCUT2D eigenvalue weighted by Gasteiger charge is 2.17. The third kappa shape index (κ3) is 3.39. The number of nitriles is 1. The Morgan fingerprint density at radius 3 is 2.61 bits per heavy atom. The van der Waals surface area contributed by atoms with Crippen molar-refractivity contribution < 1.29 is 19.2 Å².